The van der Waals surface area contributed by atoms with Crippen molar-refractivity contribution >= 4 is 32.8 Å². The van der Waals surface area contributed by atoms with Gasteiger partial charge in [0.15, 0.2) is 5.69 Å². The van der Waals surface area contributed by atoms with E-state index >= 15 is 0 Å². The van der Waals surface area contributed by atoms with Crippen molar-refractivity contribution in [1.82, 2.24) is 9.78 Å². The summed E-state index contributed by atoms with van der Waals surface area (Å²) in [6.07, 6.45) is 1.93. The number of hydrogen-bond donors (Lipinski definition) is 0. The summed E-state index contributed by atoms with van der Waals surface area (Å²) in [5, 5.41) is 5.36. The Balaban J connectivity index is 2.16. The summed E-state index contributed by atoms with van der Waals surface area (Å²) in [6, 6.07) is 5.79. The van der Waals surface area contributed by atoms with Crippen LogP contribution in [0.3, 0.4) is 0 Å². The fourth-order valence-electron chi connectivity index (χ4n) is 2.56. The minimum absolute atomic E-state index is 0.0871. The Hall–Kier alpha value is -1.40. The number of esters is 1. The summed E-state index contributed by atoms with van der Waals surface area (Å²) in [7, 11) is 1.39. The summed E-state index contributed by atoms with van der Waals surface area (Å²) in [5.41, 5.74) is 1.29. The first-order valence-electron chi connectivity index (χ1n) is 6.54. The summed E-state index contributed by atoms with van der Waals surface area (Å²) in [4.78, 5) is 12.1. The average molecular weight is 339 g/mol. The number of rotatable bonds is 2. The highest BCUT2D eigenvalue weighted by Crippen LogP contribution is 2.28. The van der Waals surface area contributed by atoms with Gasteiger partial charge >= 0.3 is 5.97 Å². The molecular weight excluding hydrogens is 324 g/mol. The van der Waals surface area contributed by atoms with Crippen LogP contribution in [0, 0.1) is 0 Å². The van der Waals surface area contributed by atoms with Gasteiger partial charge in [-0.15, -0.1) is 0 Å². The number of hydrogen-bond acceptors (Lipinski definition) is 4. The zero-order chi connectivity index (χ0) is 14.1. The third-order valence-electron chi connectivity index (χ3n) is 3.52. The summed E-state index contributed by atoms with van der Waals surface area (Å²) in [6.45, 7) is 1.36. The Morgan fingerprint density at radius 3 is 3.10 bits per heavy atom. The van der Waals surface area contributed by atoms with E-state index in [1.54, 1.807) is 4.68 Å². The van der Waals surface area contributed by atoms with Crippen LogP contribution >= 0.6 is 15.9 Å². The molecule has 1 atom stereocenters. The monoisotopic (exact) mass is 338 g/mol. The summed E-state index contributed by atoms with van der Waals surface area (Å²) >= 11 is 3.43. The number of ether oxygens (including phenoxy) is 2. The molecule has 1 fully saturated rings. The lowest BCUT2D eigenvalue weighted by molar-refractivity contribution is 0.0472. The van der Waals surface area contributed by atoms with Crippen LogP contribution in [-0.4, -0.2) is 36.1 Å². The Bertz CT molecular complexity index is 647. The van der Waals surface area contributed by atoms with Crippen molar-refractivity contribution < 1.29 is 14.3 Å². The first-order chi connectivity index (χ1) is 9.70. The second-order valence-corrected chi connectivity index (χ2v) is 5.73. The van der Waals surface area contributed by atoms with Gasteiger partial charge in [0.05, 0.1) is 25.3 Å². The Labute approximate surface area is 125 Å². The van der Waals surface area contributed by atoms with Gasteiger partial charge in [-0.25, -0.2) is 4.79 Å². The molecule has 0 amide bonds. The SMILES string of the molecule is COC(=O)c1c2cc(Br)ccc2nn1C1CCCOC1. The Kier molecular flexibility index (Phi) is 3.76. The summed E-state index contributed by atoms with van der Waals surface area (Å²) in [5.74, 6) is -0.365. The number of benzene rings is 1. The predicted molar refractivity (Wildman–Crippen MR) is 77.9 cm³/mol. The van der Waals surface area contributed by atoms with Crippen LogP contribution in [0.15, 0.2) is 22.7 Å². The van der Waals surface area contributed by atoms with Crippen molar-refractivity contribution in [3.8, 4) is 0 Å². The van der Waals surface area contributed by atoms with E-state index in [2.05, 4.69) is 21.0 Å². The number of carbonyl (C=O) groups is 1. The van der Waals surface area contributed by atoms with Gasteiger partial charge in [-0.3, -0.25) is 4.68 Å². The van der Waals surface area contributed by atoms with Gasteiger partial charge in [-0.05, 0) is 31.0 Å². The zero-order valence-electron chi connectivity index (χ0n) is 11.1. The molecule has 6 heteroatoms. The quantitative estimate of drug-likeness (QED) is 0.790. The van der Waals surface area contributed by atoms with Crippen LogP contribution in [0.25, 0.3) is 10.9 Å². The number of fused-ring (bicyclic) bond motifs is 1. The number of nitrogens with zero attached hydrogens (tertiary/aromatic N) is 2. The van der Waals surface area contributed by atoms with E-state index in [0.717, 1.165) is 34.8 Å². The van der Waals surface area contributed by atoms with Gasteiger partial charge in [-0.1, -0.05) is 15.9 Å². The van der Waals surface area contributed by atoms with E-state index in [4.69, 9.17) is 9.47 Å². The smallest absolute Gasteiger partial charge is 0.356 e. The van der Waals surface area contributed by atoms with Gasteiger partial charge in [0, 0.05) is 16.5 Å². The highest BCUT2D eigenvalue weighted by molar-refractivity contribution is 9.10. The average Bonchev–Trinajstić information content (AvgIpc) is 2.86. The molecule has 0 aliphatic carbocycles. The lowest BCUT2D eigenvalue weighted by Crippen LogP contribution is -2.25. The predicted octanol–water partition coefficient (Wildman–Crippen LogP) is 2.94. The minimum atomic E-state index is -0.365. The largest absolute Gasteiger partial charge is 0.464 e. The minimum Gasteiger partial charge on any atom is -0.464 e. The highest BCUT2D eigenvalue weighted by Gasteiger charge is 2.26. The summed E-state index contributed by atoms with van der Waals surface area (Å²) < 4.78 is 13.1. The molecule has 0 radical (unpaired) electrons. The van der Waals surface area contributed by atoms with Crippen molar-refractivity contribution in [2.75, 3.05) is 20.3 Å². The van der Waals surface area contributed by atoms with Crippen molar-refractivity contribution in [2.24, 2.45) is 0 Å². The Morgan fingerprint density at radius 1 is 1.55 bits per heavy atom. The molecule has 0 N–H and O–H groups in total. The van der Waals surface area contributed by atoms with Gasteiger partial charge in [0.25, 0.3) is 0 Å². The molecule has 1 aliphatic rings. The lowest BCUT2D eigenvalue weighted by atomic mass is 10.1. The molecule has 0 saturated carbocycles. The van der Waals surface area contributed by atoms with E-state index < -0.39 is 0 Å². The molecule has 1 saturated heterocycles. The fraction of sp³-hybridized carbons (Fsp3) is 0.429. The third-order valence-corrected chi connectivity index (χ3v) is 4.01. The third kappa shape index (κ3) is 2.33. The van der Waals surface area contributed by atoms with Gasteiger partial charge in [0.1, 0.15) is 0 Å². The van der Waals surface area contributed by atoms with E-state index in [0.29, 0.717) is 12.3 Å². The topological polar surface area (TPSA) is 53.3 Å². The molecule has 20 heavy (non-hydrogen) atoms. The lowest BCUT2D eigenvalue weighted by Gasteiger charge is -2.23. The molecule has 3 rings (SSSR count). The van der Waals surface area contributed by atoms with Crippen molar-refractivity contribution in [2.45, 2.75) is 18.9 Å². The molecule has 0 bridgehead atoms. The zero-order valence-corrected chi connectivity index (χ0v) is 12.7. The maximum absolute atomic E-state index is 12.1. The fourth-order valence-corrected chi connectivity index (χ4v) is 2.92. The van der Waals surface area contributed by atoms with Gasteiger partial charge in [-0.2, -0.15) is 5.10 Å². The van der Waals surface area contributed by atoms with E-state index in [-0.39, 0.29) is 12.0 Å². The Morgan fingerprint density at radius 2 is 2.40 bits per heavy atom. The molecule has 2 aromatic rings. The van der Waals surface area contributed by atoms with Crippen LogP contribution in [0.4, 0.5) is 0 Å². The number of carbonyl (C=O) groups excluding carboxylic acids is 1. The molecule has 1 unspecified atom stereocenters. The van der Waals surface area contributed by atoms with Crippen molar-refractivity contribution in [3.63, 3.8) is 0 Å². The number of aromatic nitrogens is 2. The van der Waals surface area contributed by atoms with E-state index in [1.165, 1.54) is 7.11 Å². The number of methoxy groups -OCH3 is 1. The molecular formula is C14H15BrN2O3. The maximum Gasteiger partial charge on any atom is 0.356 e. The van der Waals surface area contributed by atoms with Gasteiger partial charge < -0.3 is 9.47 Å². The number of halogens is 1. The normalized spacial score (nSPS) is 19.2. The molecule has 1 aliphatic heterocycles. The first kappa shape index (κ1) is 13.6. The van der Waals surface area contributed by atoms with Crippen LogP contribution < -0.4 is 0 Å². The molecule has 1 aromatic carbocycles. The second-order valence-electron chi connectivity index (χ2n) is 4.82. The van der Waals surface area contributed by atoms with Crippen LogP contribution in [-0.2, 0) is 9.47 Å². The second kappa shape index (κ2) is 5.54. The van der Waals surface area contributed by atoms with E-state index in [9.17, 15) is 4.79 Å². The maximum atomic E-state index is 12.1. The standard InChI is InChI=1S/C14H15BrN2O3/c1-19-14(18)13-11-7-9(15)4-5-12(11)16-17(13)10-3-2-6-20-8-10/h4-5,7,10H,2-3,6,8H2,1H3. The highest BCUT2D eigenvalue weighted by atomic mass is 79.9. The van der Waals surface area contributed by atoms with Crippen molar-refractivity contribution in [3.05, 3.63) is 28.4 Å². The van der Waals surface area contributed by atoms with Crippen LogP contribution in [0.5, 0.6) is 0 Å². The molecule has 0 spiro atoms. The van der Waals surface area contributed by atoms with Gasteiger partial charge in [0.2, 0.25) is 0 Å². The molecule has 2 heterocycles. The van der Waals surface area contributed by atoms with E-state index in [1.807, 2.05) is 18.2 Å². The molecule has 106 valence electrons. The van der Waals surface area contributed by atoms with Crippen LogP contribution in [0.2, 0.25) is 0 Å². The molecule has 5 nitrogen and oxygen atoms in total. The molecule has 1 aromatic heterocycles. The van der Waals surface area contributed by atoms with Crippen LogP contribution in [0.1, 0.15) is 29.4 Å². The first-order valence-corrected chi connectivity index (χ1v) is 7.34. The van der Waals surface area contributed by atoms with Crippen molar-refractivity contribution in [1.29, 1.82) is 0 Å².